The van der Waals surface area contributed by atoms with E-state index in [1.165, 1.54) is 12.0 Å². The first-order valence-corrected chi connectivity index (χ1v) is 8.36. The number of carbonyl (C=O) groups is 1. The Morgan fingerprint density at radius 2 is 1.73 bits per heavy atom. The number of nitrogens with one attached hydrogen (secondary N) is 1. The summed E-state index contributed by atoms with van der Waals surface area (Å²) in [6, 6.07) is 7.83. The van der Waals surface area contributed by atoms with Crippen LogP contribution in [-0.2, 0) is 5.41 Å². The van der Waals surface area contributed by atoms with Crippen molar-refractivity contribution in [1.29, 1.82) is 0 Å². The summed E-state index contributed by atoms with van der Waals surface area (Å²) in [6.07, 6.45) is 5.55. The maximum atomic E-state index is 12.3. The summed E-state index contributed by atoms with van der Waals surface area (Å²) in [7, 11) is 0. The summed E-state index contributed by atoms with van der Waals surface area (Å²) in [6.45, 7) is 7.22. The highest BCUT2D eigenvalue weighted by Gasteiger charge is 2.31. The molecule has 1 aliphatic rings. The summed E-state index contributed by atoms with van der Waals surface area (Å²) in [5.74, 6) is -0.0427. The van der Waals surface area contributed by atoms with Crippen LogP contribution in [0.2, 0.25) is 0 Å². The number of hydrogen-bond acceptors (Lipinski definition) is 2. The molecule has 0 atom stereocenters. The van der Waals surface area contributed by atoms with Crippen molar-refractivity contribution >= 4 is 5.91 Å². The van der Waals surface area contributed by atoms with Crippen molar-refractivity contribution in [2.24, 2.45) is 5.41 Å². The van der Waals surface area contributed by atoms with Crippen LogP contribution < -0.4 is 5.32 Å². The van der Waals surface area contributed by atoms with Crippen LogP contribution in [0.25, 0.3) is 0 Å². The smallest absolute Gasteiger partial charge is 0.251 e. The van der Waals surface area contributed by atoms with E-state index in [0.717, 1.165) is 25.7 Å². The molecule has 1 saturated carbocycles. The number of aliphatic hydroxyl groups excluding tert-OH is 1. The second-order valence-corrected chi connectivity index (χ2v) is 7.73. The molecule has 2 N–H and O–H groups in total. The van der Waals surface area contributed by atoms with Crippen molar-refractivity contribution in [2.75, 3.05) is 13.2 Å². The zero-order chi connectivity index (χ0) is 16.2. The molecular weight excluding hydrogens is 274 g/mol. The Morgan fingerprint density at radius 3 is 2.23 bits per heavy atom. The Hall–Kier alpha value is -1.35. The average Bonchev–Trinajstić information content (AvgIpc) is 2.53. The number of amides is 1. The van der Waals surface area contributed by atoms with Crippen molar-refractivity contribution in [1.82, 2.24) is 5.32 Å². The standard InChI is InChI=1S/C19H29NO2/c1-18(2,3)16-9-7-15(8-10-16)17(22)20-13-19(14-21)11-5-4-6-12-19/h7-10,21H,4-6,11-14H2,1-3H3,(H,20,22). The quantitative estimate of drug-likeness (QED) is 0.892. The highest BCUT2D eigenvalue weighted by Crippen LogP contribution is 2.35. The highest BCUT2D eigenvalue weighted by molar-refractivity contribution is 5.94. The van der Waals surface area contributed by atoms with Gasteiger partial charge in [0.05, 0.1) is 6.61 Å². The van der Waals surface area contributed by atoms with Gasteiger partial charge in [-0.15, -0.1) is 0 Å². The Bertz CT molecular complexity index is 493. The Labute approximate surface area is 134 Å². The number of aliphatic hydroxyl groups is 1. The first-order valence-electron chi connectivity index (χ1n) is 8.36. The van der Waals surface area contributed by atoms with Gasteiger partial charge >= 0.3 is 0 Å². The lowest BCUT2D eigenvalue weighted by Crippen LogP contribution is -2.41. The SMILES string of the molecule is CC(C)(C)c1ccc(C(=O)NCC2(CO)CCCCC2)cc1. The van der Waals surface area contributed by atoms with E-state index in [1.54, 1.807) is 0 Å². The van der Waals surface area contributed by atoms with E-state index in [4.69, 9.17) is 0 Å². The summed E-state index contributed by atoms with van der Waals surface area (Å²) in [5.41, 5.74) is 1.90. The van der Waals surface area contributed by atoms with Crippen LogP contribution in [-0.4, -0.2) is 24.2 Å². The molecule has 1 aliphatic carbocycles. The first-order chi connectivity index (χ1) is 10.4. The number of benzene rings is 1. The third-order valence-corrected chi connectivity index (χ3v) is 4.89. The fraction of sp³-hybridized carbons (Fsp3) is 0.632. The van der Waals surface area contributed by atoms with Crippen molar-refractivity contribution < 1.29 is 9.90 Å². The van der Waals surface area contributed by atoms with Crippen LogP contribution in [0.1, 0.15) is 68.8 Å². The minimum absolute atomic E-state index is 0.0427. The molecule has 0 aromatic heterocycles. The lowest BCUT2D eigenvalue weighted by Gasteiger charge is -2.35. The average molecular weight is 303 g/mol. The zero-order valence-electron chi connectivity index (χ0n) is 14.1. The molecule has 0 bridgehead atoms. The Kier molecular flexibility index (Phi) is 5.28. The molecule has 22 heavy (non-hydrogen) atoms. The second-order valence-electron chi connectivity index (χ2n) is 7.73. The molecule has 0 aliphatic heterocycles. The van der Waals surface area contributed by atoms with E-state index in [9.17, 15) is 9.90 Å². The van der Waals surface area contributed by atoms with Crippen LogP contribution in [0.15, 0.2) is 24.3 Å². The Balaban J connectivity index is 1.97. The zero-order valence-corrected chi connectivity index (χ0v) is 14.1. The molecule has 0 radical (unpaired) electrons. The third kappa shape index (κ3) is 4.10. The summed E-state index contributed by atoms with van der Waals surface area (Å²) in [4.78, 5) is 12.3. The third-order valence-electron chi connectivity index (χ3n) is 4.89. The summed E-state index contributed by atoms with van der Waals surface area (Å²) >= 11 is 0. The van der Waals surface area contributed by atoms with E-state index in [1.807, 2.05) is 24.3 Å². The molecule has 3 nitrogen and oxygen atoms in total. The fourth-order valence-electron chi connectivity index (χ4n) is 3.18. The van der Waals surface area contributed by atoms with Gasteiger partial charge in [0.25, 0.3) is 5.91 Å². The predicted molar refractivity (Wildman–Crippen MR) is 90.1 cm³/mol. The molecule has 1 aromatic carbocycles. The van der Waals surface area contributed by atoms with Gasteiger partial charge in [-0.1, -0.05) is 52.2 Å². The molecule has 0 saturated heterocycles. The van der Waals surface area contributed by atoms with Gasteiger partial charge in [-0.25, -0.2) is 0 Å². The van der Waals surface area contributed by atoms with Gasteiger partial charge < -0.3 is 10.4 Å². The minimum Gasteiger partial charge on any atom is -0.396 e. The van der Waals surface area contributed by atoms with Gasteiger partial charge in [0, 0.05) is 17.5 Å². The maximum Gasteiger partial charge on any atom is 0.251 e. The molecule has 1 aromatic rings. The molecule has 1 fully saturated rings. The summed E-state index contributed by atoms with van der Waals surface area (Å²) < 4.78 is 0. The van der Waals surface area contributed by atoms with Crippen molar-refractivity contribution in [3.05, 3.63) is 35.4 Å². The van der Waals surface area contributed by atoms with E-state index >= 15 is 0 Å². The van der Waals surface area contributed by atoms with Gasteiger partial charge in [0.2, 0.25) is 0 Å². The largest absolute Gasteiger partial charge is 0.396 e. The van der Waals surface area contributed by atoms with Crippen LogP contribution in [0.3, 0.4) is 0 Å². The first kappa shape index (κ1) is 17.0. The van der Waals surface area contributed by atoms with E-state index < -0.39 is 0 Å². The van der Waals surface area contributed by atoms with Crippen molar-refractivity contribution in [3.63, 3.8) is 0 Å². The molecule has 0 unspecified atom stereocenters. The molecule has 1 amide bonds. The van der Waals surface area contributed by atoms with Crippen molar-refractivity contribution in [3.8, 4) is 0 Å². The summed E-state index contributed by atoms with van der Waals surface area (Å²) in [5, 5.41) is 12.7. The van der Waals surface area contributed by atoms with Gasteiger partial charge in [0.1, 0.15) is 0 Å². The van der Waals surface area contributed by atoms with Crippen LogP contribution in [0.4, 0.5) is 0 Å². The van der Waals surface area contributed by atoms with Crippen LogP contribution in [0.5, 0.6) is 0 Å². The number of hydrogen-bond donors (Lipinski definition) is 2. The fourth-order valence-corrected chi connectivity index (χ4v) is 3.18. The van der Waals surface area contributed by atoms with Gasteiger partial charge in [-0.2, -0.15) is 0 Å². The van der Waals surface area contributed by atoms with E-state index in [0.29, 0.717) is 12.1 Å². The van der Waals surface area contributed by atoms with Gasteiger partial charge in [-0.05, 0) is 36.0 Å². The number of rotatable bonds is 4. The van der Waals surface area contributed by atoms with E-state index in [2.05, 4.69) is 26.1 Å². The van der Waals surface area contributed by atoms with Gasteiger partial charge in [0.15, 0.2) is 0 Å². The second kappa shape index (κ2) is 6.82. The maximum absolute atomic E-state index is 12.3. The minimum atomic E-state index is -0.112. The van der Waals surface area contributed by atoms with Crippen molar-refractivity contribution in [2.45, 2.75) is 58.3 Å². The molecule has 0 heterocycles. The highest BCUT2D eigenvalue weighted by atomic mass is 16.3. The predicted octanol–water partition coefficient (Wildman–Crippen LogP) is 3.66. The molecule has 122 valence electrons. The van der Waals surface area contributed by atoms with Gasteiger partial charge in [-0.3, -0.25) is 4.79 Å². The monoisotopic (exact) mass is 303 g/mol. The molecule has 3 heteroatoms. The molecule has 0 spiro atoms. The van der Waals surface area contributed by atoms with Crippen LogP contribution in [0, 0.1) is 5.41 Å². The van der Waals surface area contributed by atoms with Crippen LogP contribution >= 0.6 is 0 Å². The number of carbonyl (C=O) groups excluding carboxylic acids is 1. The topological polar surface area (TPSA) is 49.3 Å². The molecule has 2 rings (SSSR count). The lowest BCUT2D eigenvalue weighted by molar-refractivity contribution is 0.0718. The lowest BCUT2D eigenvalue weighted by atomic mass is 9.74. The van der Waals surface area contributed by atoms with E-state index in [-0.39, 0.29) is 23.3 Å². The molecular formula is C19H29NO2. The Morgan fingerprint density at radius 1 is 1.14 bits per heavy atom. The normalized spacial score (nSPS) is 18.0.